The van der Waals surface area contributed by atoms with Gasteiger partial charge in [-0.25, -0.2) is 13.8 Å². The molecule has 0 spiro atoms. The van der Waals surface area contributed by atoms with Crippen molar-refractivity contribution in [3.8, 4) is 22.1 Å². The highest BCUT2D eigenvalue weighted by atomic mass is 32.1. The quantitative estimate of drug-likeness (QED) is 0.425. The number of hydrogen-bond donors (Lipinski definition) is 1. The summed E-state index contributed by atoms with van der Waals surface area (Å²) in [4.78, 5) is 25.9. The van der Waals surface area contributed by atoms with Crippen molar-refractivity contribution in [1.29, 1.82) is 0 Å². The number of ether oxygens (including phenoxy) is 1. The van der Waals surface area contributed by atoms with E-state index in [9.17, 15) is 18.7 Å². The summed E-state index contributed by atoms with van der Waals surface area (Å²) in [6.07, 6.45) is 2.55. The Balaban J connectivity index is 1.70. The lowest BCUT2D eigenvalue weighted by Crippen LogP contribution is -2.24. The molecule has 0 fully saturated rings. The molecule has 182 valence electrons. The molecular weight excluding hydrogens is 476 g/mol. The first kappa shape index (κ1) is 24.6. The van der Waals surface area contributed by atoms with Crippen LogP contribution in [-0.2, 0) is 12.2 Å². The fourth-order valence-electron chi connectivity index (χ4n) is 3.39. The number of halogens is 2. The van der Waals surface area contributed by atoms with E-state index in [-0.39, 0.29) is 23.6 Å². The first-order valence-corrected chi connectivity index (χ1v) is 11.4. The van der Waals surface area contributed by atoms with Gasteiger partial charge in [-0.15, -0.1) is 0 Å². The minimum atomic E-state index is -1.19. The van der Waals surface area contributed by atoms with Gasteiger partial charge >= 0.3 is 0 Å². The van der Waals surface area contributed by atoms with Gasteiger partial charge in [-0.1, -0.05) is 0 Å². The smallest absolute Gasteiger partial charge is 0.261 e. The molecule has 0 aromatic carbocycles. The van der Waals surface area contributed by atoms with Gasteiger partial charge in [0.05, 0.1) is 17.4 Å². The molecule has 4 aromatic rings. The second-order valence-electron chi connectivity index (χ2n) is 8.62. The molecule has 0 atom stereocenters. The Hall–Kier alpha value is -3.57. The maximum Gasteiger partial charge on any atom is 0.261 e. The minimum Gasteiger partial charge on any atom is -0.487 e. The molecule has 0 aliphatic carbocycles. The Morgan fingerprint density at radius 3 is 2.51 bits per heavy atom. The fraction of sp³-hybridized carbons (Fsp3) is 0.292. The van der Waals surface area contributed by atoms with Gasteiger partial charge in [-0.3, -0.25) is 19.3 Å². The number of hydrogen-bond acceptors (Lipinski definition) is 8. The van der Waals surface area contributed by atoms with E-state index in [2.05, 4.69) is 19.3 Å². The van der Waals surface area contributed by atoms with Crippen LogP contribution in [0.5, 0.6) is 5.75 Å². The number of aliphatic hydroxyl groups is 1. The van der Waals surface area contributed by atoms with E-state index in [0.717, 1.165) is 29.4 Å². The van der Waals surface area contributed by atoms with E-state index in [1.54, 1.807) is 46.0 Å². The highest BCUT2D eigenvalue weighted by Gasteiger charge is 2.23. The summed E-state index contributed by atoms with van der Waals surface area (Å²) >= 11 is 1.11. The Morgan fingerprint density at radius 1 is 1.11 bits per heavy atom. The molecule has 11 heteroatoms. The molecule has 4 rings (SSSR count). The van der Waals surface area contributed by atoms with E-state index in [0.29, 0.717) is 33.5 Å². The molecule has 0 bridgehead atoms. The van der Waals surface area contributed by atoms with E-state index in [1.807, 2.05) is 6.92 Å². The van der Waals surface area contributed by atoms with Crippen molar-refractivity contribution in [2.45, 2.75) is 46.8 Å². The van der Waals surface area contributed by atoms with Crippen LogP contribution in [0.3, 0.4) is 0 Å². The molecule has 0 aliphatic heterocycles. The SMILES string of the molecule is Cc1cnc(-c2nc(C(C)(C)O)ns2)cc1-n1c(C)cc(OCc2ncc(F)cc2F)c(C)c1=O. The van der Waals surface area contributed by atoms with Crippen LogP contribution in [0.2, 0.25) is 0 Å². The summed E-state index contributed by atoms with van der Waals surface area (Å²) < 4.78 is 38.4. The number of rotatable bonds is 6. The number of nitrogens with zero attached hydrogens (tertiary/aromatic N) is 5. The predicted octanol–water partition coefficient (Wildman–Crippen LogP) is 4.16. The molecule has 0 saturated heterocycles. The summed E-state index contributed by atoms with van der Waals surface area (Å²) in [5, 5.41) is 10.7. The molecule has 4 heterocycles. The topological polar surface area (TPSA) is 103 Å². The third-order valence-corrected chi connectivity index (χ3v) is 6.08. The van der Waals surface area contributed by atoms with Gasteiger partial charge in [-0.2, -0.15) is 4.37 Å². The molecular formula is C24H23F2N5O3S. The second kappa shape index (κ2) is 9.23. The zero-order valence-electron chi connectivity index (χ0n) is 19.8. The largest absolute Gasteiger partial charge is 0.487 e. The monoisotopic (exact) mass is 499 g/mol. The van der Waals surface area contributed by atoms with Crippen LogP contribution in [0.15, 0.2) is 35.4 Å². The average Bonchev–Trinajstić information content (AvgIpc) is 3.28. The number of aromatic nitrogens is 5. The van der Waals surface area contributed by atoms with Gasteiger partial charge in [0.25, 0.3) is 5.56 Å². The molecule has 0 amide bonds. The third kappa shape index (κ3) is 4.96. The first-order valence-electron chi connectivity index (χ1n) is 10.7. The normalized spacial score (nSPS) is 11.7. The van der Waals surface area contributed by atoms with Gasteiger partial charge in [-0.05, 0) is 57.8 Å². The van der Waals surface area contributed by atoms with Crippen LogP contribution in [-0.4, -0.2) is 29.0 Å². The maximum atomic E-state index is 13.9. The molecule has 1 N–H and O–H groups in total. The zero-order valence-corrected chi connectivity index (χ0v) is 20.6. The van der Waals surface area contributed by atoms with Crippen molar-refractivity contribution in [3.05, 3.63) is 80.9 Å². The van der Waals surface area contributed by atoms with Crippen LogP contribution in [0.25, 0.3) is 16.4 Å². The maximum absolute atomic E-state index is 13.9. The van der Waals surface area contributed by atoms with Gasteiger partial charge in [0, 0.05) is 24.0 Å². The van der Waals surface area contributed by atoms with Gasteiger partial charge in [0.15, 0.2) is 16.6 Å². The summed E-state index contributed by atoms with van der Waals surface area (Å²) in [6.45, 7) is 8.14. The summed E-state index contributed by atoms with van der Waals surface area (Å²) in [7, 11) is 0. The van der Waals surface area contributed by atoms with Gasteiger partial charge < -0.3 is 9.84 Å². The van der Waals surface area contributed by atoms with Crippen molar-refractivity contribution in [2.75, 3.05) is 0 Å². The summed E-state index contributed by atoms with van der Waals surface area (Å²) in [5.74, 6) is -1.03. The predicted molar refractivity (Wildman–Crippen MR) is 127 cm³/mol. The van der Waals surface area contributed by atoms with Crippen molar-refractivity contribution in [1.82, 2.24) is 23.9 Å². The Morgan fingerprint density at radius 2 is 1.86 bits per heavy atom. The average molecular weight is 500 g/mol. The summed E-state index contributed by atoms with van der Waals surface area (Å²) in [5.41, 5.74) is 1.21. The van der Waals surface area contributed by atoms with Crippen LogP contribution in [0.1, 0.15) is 42.2 Å². The Labute approximate surface area is 204 Å². The molecule has 0 aliphatic rings. The third-order valence-electron chi connectivity index (χ3n) is 5.34. The first-order chi connectivity index (χ1) is 16.5. The number of aryl methyl sites for hydroxylation is 2. The van der Waals surface area contributed by atoms with Gasteiger partial charge in [0.1, 0.15) is 35.2 Å². The van der Waals surface area contributed by atoms with E-state index >= 15 is 0 Å². The highest BCUT2D eigenvalue weighted by molar-refractivity contribution is 7.09. The highest BCUT2D eigenvalue weighted by Crippen LogP contribution is 2.28. The van der Waals surface area contributed by atoms with Crippen molar-refractivity contribution < 1.29 is 18.6 Å². The molecule has 0 unspecified atom stereocenters. The Kier molecular flexibility index (Phi) is 6.48. The van der Waals surface area contributed by atoms with E-state index in [1.165, 1.54) is 4.57 Å². The molecule has 0 saturated carbocycles. The van der Waals surface area contributed by atoms with Crippen molar-refractivity contribution in [2.24, 2.45) is 0 Å². The molecule has 8 nitrogen and oxygen atoms in total. The number of pyridine rings is 3. The lowest BCUT2D eigenvalue weighted by molar-refractivity contribution is 0.0701. The van der Waals surface area contributed by atoms with Crippen LogP contribution in [0, 0.1) is 32.4 Å². The fourth-order valence-corrected chi connectivity index (χ4v) is 4.16. The van der Waals surface area contributed by atoms with E-state index < -0.39 is 17.2 Å². The lowest BCUT2D eigenvalue weighted by Gasteiger charge is -2.17. The molecule has 0 radical (unpaired) electrons. The van der Waals surface area contributed by atoms with Gasteiger partial charge in [0.2, 0.25) is 0 Å². The van der Waals surface area contributed by atoms with Crippen LogP contribution < -0.4 is 10.3 Å². The van der Waals surface area contributed by atoms with E-state index in [4.69, 9.17) is 4.74 Å². The standard InChI is InChI=1S/C24H23F2N5O3S/c1-12-9-27-17(21-29-23(30-35-21)24(4,5)33)8-19(12)31-13(2)6-20(14(3)22(31)32)34-11-18-16(26)7-15(25)10-28-18/h6-10,33H,11H2,1-5H3. The second-order valence-corrected chi connectivity index (χ2v) is 9.38. The Bertz CT molecular complexity index is 1480. The molecule has 35 heavy (non-hydrogen) atoms. The molecule has 4 aromatic heterocycles. The summed E-state index contributed by atoms with van der Waals surface area (Å²) in [6, 6.07) is 4.15. The minimum absolute atomic E-state index is 0.0651. The van der Waals surface area contributed by atoms with Crippen molar-refractivity contribution >= 4 is 11.5 Å². The zero-order chi connectivity index (χ0) is 25.5. The van der Waals surface area contributed by atoms with Crippen LogP contribution in [0.4, 0.5) is 8.78 Å². The van der Waals surface area contributed by atoms with Crippen molar-refractivity contribution in [3.63, 3.8) is 0 Å². The lowest BCUT2D eigenvalue weighted by atomic mass is 10.1. The van der Waals surface area contributed by atoms with Crippen LogP contribution >= 0.6 is 11.5 Å².